The number of nitrogens with zero attached hydrogens (tertiary/aromatic N) is 3. The van der Waals surface area contributed by atoms with Gasteiger partial charge in [-0.15, -0.1) is 0 Å². The van der Waals surface area contributed by atoms with Gasteiger partial charge in [0.05, 0.1) is 17.1 Å². The zero-order valence-corrected chi connectivity index (χ0v) is 10.5. The van der Waals surface area contributed by atoms with Crippen molar-refractivity contribution in [3.63, 3.8) is 0 Å². The van der Waals surface area contributed by atoms with Gasteiger partial charge in [0.2, 0.25) is 0 Å². The highest BCUT2D eigenvalue weighted by molar-refractivity contribution is 5.47. The summed E-state index contributed by atoms with van der Waals surface area (Å²) in [5.74, 6) is 0. The molecule has 1 aromatic heterocycles. The molecule has 2 aromatic rings. The van der Waals surface area contributed by atoms with E-state index in [0.29, 0.717) is 0 Å². The number of hydrogen-bond donors (Lipinski definition) is 0. The van der Waals surface area contributed by atoms with E-state index in [1.807, 2.05) is 13.8 Å². The Labute approximate surface area is 96.1 Å². The fraction of sp³-hybridized carbons (Fsp3) is 0.385. The van der Waals surface area contributed by atoms with E-state index in [2.05, 4.69) is 43.1 Å². The Kier molecular flexibility index (Phi) is 2.54. The summed E-state index contributed by atoms with van der Waals surface area (Å²) in [5, 5.41) is 8.84. The fourth-order valence-electron chi connectivity index (χ4n) is 1.72. The minimum atomic E-state index is 0.984. The van der Waals surface area contributed by atoms with Crippen molar-refractivity contribution in [1.82, 2.24) is 15.0 Å². The average molecular weight is 215 g/mol. The number of rotatable bonds is 1. The number of aromatic nitrogens is 3. The Morgan fingerprint density at radius 1 is 0.812 bits per heavy atom. The molecule has 0 saturated carbocycles. The van der Waals surface area contributed by atoms with Crippen molar-refractivity contribution in [2.75, 3.05) is 0 Å². The number of hydrogen-bond acceptors (Lipinski definition) is 2. The molecule has 1 aromatic carbocycles. The van der Waals surface area contributed by atoms with Crippen LogP contribution < -0.4 is 0 Å². The lowest BCUT2D eigenvalue weighted by molar-refractivity contribution is 0.735. The minimum Gasteiger partial charge on any atom is -0.153 e. The highest BCUT2D eigenvalue weighted by atomic mass is 15.5. The molecule has 3 heteroatoms. The quantitative estimate of drug-likeness (QED) is 0.732. The van der Waals surface area contributed by atoms with Gasteiger partial charge in [-0.2, -0.15) is 15.0 Å². The van der Waals surface area contributed by atoms with Crippen molar-refractivity contribution in [3.05, 3.63) is 40.2 Å². The first-order chi connectivity index (χ1) is 7.50. The normalized spacial score (nSPS) is 10.8. The van der Waals surface area contributed by atoms with Crippen molar-refractivity contribution < 1.29 is 0 Å². The van der Waals surface area contributed by atoms with E-state index in [-0.39, 0.29) is 0 Å². The van der Waals surface area contributed by atoms with Gasteiger partial charge in [0.15, 0.2) is 0 Å². The van der Waals surface area contributed by atoms with Crippen LogP contribution in [0.25, 0.3) is 5.69 Å². The molecule has 84 valence electrons. The lowest BCUT2D eigenvalue weighted by Gasteiger charge is -2.09. The van der Waals surface area contributed by atoms with E-state index in [1.54, 1.807) is 4.80 Å². The zero-order chi connectivity index (χ0) is 11.9. The standard InChI is InChI=1S/C13H17N3/c1-8-6-7-13(10(3)9(8)2)16-14-11(4)12(5)15-16/h6-7H,1-5H3. The fourth-order valence-corrected chi connectivity index (χ4v) is 1.72. The molecule has 0 amide bonds. The Bertz CT molecular complexity index is 519. The van der Waals surface area contributed by atoms with Crippen molar-refractivity contribution in [2.24, 2.45) is 0 Å². The smallest absolute Gasteiger partial charge is 0.0888 e. The van der Waals surface area contributed by atoms with E-state index >= 15 is 0 Å². The molecule has 0 unspecified atom stereocenters. The second-order valence-corrected chi connectivity index (χ2v) is 4.31. The van der Waals surface area contributed by atoms with Gasteiger partial charge in [0.1, 0.15) is 0 Å². The molecule has 1 heterocycles. The maximum atomic E-state index is 4.42. The predicted octanol–water partition coefficient (Wildman–Crippen LogP) is 2.81. The van der Waals surface area contributed by atoms with E-state index in [0.717, 1.165) is 17.1 Å². The summed E-state index contributed by atoms with van der Waals surface area (Å²) < 4.78 is 0. The average Bonchev–Trinajstić information content (AvgIpc) is 2.56. The molecule has 0 N–H and O–H groups in total. The van der Waals surface area contributed by atoms with Crippen LogP contribution >= 0.6 is 0 Å². The topological polar surface area (TPSA) is 30.7 Å². The predicted molar refractivity (Wildman–Crippen MR) is 65.0 cm³/mol. The molecule has 0 radical (unpaired) electrons. The molecule has 2 rings (SSSR count). The van der Waals surface area contributed by atoms with Gasteiger partial charge in [-0.3, -0.25) is 0 Å². The maximum absolute atomic E-state index is 4.42. The first kappa shape index (κ1) is 10.9. The molecule has 0 saturated heterocycles. The molecule has 3 nitrogen and oxygen atoms in total. The van der Waals surface area contributed by atoms with Gasteiger partial charge in [-0.05, 0) is 57.4 Å². The first-order valence-corrected chi connectivity index (χ1v) is 5.48. The Morgan fingerprint density at radius 3 is 1.94 bits per heavy atom. The van der Waals surface area contributed by atoms with Crippen molar-refractivity contribution >= 4 is 0 Å². The van der Waals surface area contributed by atoms with Gasteiger partial charge in [0, 0.05) is 0 Å². The van der Waals surface area contributed by atoms with Crippen LogP contribution in [-0.2, 0) is 0 Å². The molecule has 16 heavy (non-hydrogen) atoms. The Balaban J connectivity index is 2.61. The minimum absolute atomic E-state index is 0.984. The third-order valence-electron chi connectivity index (χ3n) is 3.26. The van der Waals surface area contributed by atoms with Crippen LogP contribution in [0, 0.1) is 34.6 Å². The third kappa shape index (κ3) is 1.62. The summed E-state index contributed by atoms with van der Waals surface area (Å²) in [6.07, 6.45) is 0. The molecular weight excluding hydrogens is 198 g/mol. The van der Waals surface area contributed by atoms with Crippen LogP contribution in [0.4, 0.5) is 0 Å². The van der Waals surface area contributed by atoms with Crippen molar-refractivity contribution in [2.45, 2.75) is 34.6 Å². The number of benzene rings is 1. The van der Waals surface area contributed by atoms with Crippen LogP contribution in [0.1, 0.15) is 28.1 Å². The van der Waals surface area contributed by atoms with Crippen LogP contribution in [0.15, 0.2) is 12.1 Å². The second kappa shape index (κ2) is 3.74. The highest BCUT2D eigenvalue weighted by Crippen LogP contribution is 2.19. The Morgan fingerprint density at radius 2 is 1.38 bits per heavy atom. The zero-order valence-electron chi connectivity index (χ0n) is 10.5. The first-order valence-electron chi connectivity index (χ1n) is 5.48. The number of aryl methyl sites for hydroxylation is 3. The van der Waals surface area contributed by atoms with Crippen molar-refractivity contribution in [1.29, 1.82) is 0 Å². The molecule has 0 bridgehead atoms. The third-order valence-corrected chi connectivity index (χ3v) is 3.26. The molecule has 0 aliphatic carbocycles. The van der Waals surface area contributed by atoms with Gasteiger partial charge >= 0.3 is 0 Å². The van der Waals surface area contributed by atoms with E-state index in [9.17, 15) is 0 Å². The summed E-state index contributed by atoms with van der Waals surface area (Å²) in [4.78, 5) is 1.73. The molecule has 0 aliphatic heterocycles. The summed E-state index contributed by atoms with van der Waals surface area (Å²) in [6.45, 7) is 10.3. The van der Waals surface area contributed by atoms with Crippen molar-refractivity contribution in [3.8, 4) is 5.69 Å². The molecule has 0 spiro atoms. The largest absolute Gasteiger partial charge is 0.153 e. The lowest BCUT2D eigenvalue weighted by atomic mass is 10.0. The van der Waals surface area contributed by atoms with E-state index in [4.69, 9.17) is 0 Å². The SMILES string of the molecule is Cc1ccc(-n2nc(C)c(C)n2)c(C)c1C. The molecule has 0 aliphatic rings. The van der Waals surface area contributed by atoms with E-state index in [1.165, 1.54) is 16.7 Å². The molecule has 0 atom stereocenters. The lowest BCUT2D eigenvalue weighted by Crippen LogP contribution is -2.03. The van der Waals surface area contributed by atoms with Gasteiger partial charge < -0.3 is 0 Å². The summed E-state index contributed by atoms with van der Waals surface area (Å²) >= 11 is 0. The van der Waals surface area contributed by atoms with Gasteiger partial charge in [0.25, 0.3) is 0 Å². The van der Waals surface area contributed by atoms with Crippen LogP contribution in [-0.4, -0.2) is 15.0 Å². The monoisotopic (exact) mass is 215 g/mol. The van der Waals surface area contributed by atoms with Gasteiger partial charge in [-0.1, -0.05) is 6.07 Å². The van der Waals surface area contributed by atoms with E-state index < -0.39 is 0 Å². The summed E-state index contributed by atoms with van der Waals surface area (Å²) in [5.41, 5.74) is 6.90. The van der Waals surface area contributed by atoms with Crippen LogP contribution in [0.5, 0.6) is 0 Å². The maximum Gasteiger partial charge on any atom is 0.0888 e. The molecule has 0 fully saturated rings. The van der Waals surface area contributed by atoms with Crippen LogP contribution in [0.2, 0.25) is 0 Å². The Hall–Kier alpha value is -1.64. The van der Waals surface area contributed by atoms with Gasteiger partial charge in [-0.25, -0.2) is 0 Å². The highest BCUT2D eigenvalue weighted by Gasteiger charge is 2.09. The summed E-state index contributed by atoms with van der Waals surface area (Å²) in [6, 6.07) is 4.20. The second-order valence-electron chi connectivity index (χ2n) is 4.31. The summed E-state index contributed by atoms with van der Waals surface area (Å²) in [7, 11) is 0. The molecular formula is C13H17N3. The van der Waals surface area contributed by atoms with Crippen LogP contribution in [0.3, 0.4) is 0 Å².